The highest BCUT2D eigenvalue weighted by Crippen LogP contribution is 2.03. The van der Waals surface area contributed by atoms with Crippen LogP contribution in [0.1, 0.15) is 12.5 Å². The summed E-state index contributed by atoms with van der Waals surface area (Å²) in [5.74, 6) is 1.01. The molecular weight excluding hydrogens is 470 g/mol. The van der Waals surface area contributed by atoms with Gasteiger partial charge < -0.3 is 10.6 Å². The van der Waals surface area contributed by atoms with Crippen molar-refractivity contribution in [2.45, 2.75) is 13.3 Å². The molecule has 1 aliphatic rings. The average molecular weight is 498 g/mol. The minimum absolute atomic E-state index is 0. The number of nitrogens with zero attached hydrogens (tertiary/aromatic N) is 2. The lowest BCUT2D eigenvalue weighted by atomic mass is 10.1. The first-order valence-corrected chi connectivity index (χ1v) is 10.5. The monoisotopic (exact) mass is 498 g/mol. The molecule has 0 saturated carbocycles. The van der Waals surface area contributed by atoms with Crippen LogP contribution in [0.25, 0.3) is 0 Å². The molecule has 2 rings (SSSR count). The first-order valence-electron chi connectivity index (χ1n) is 8.68. The summed E-state index contributed by atoms with van der Waals surface area (Å²) < 4.78 is 35.7. The van der Waals surface area contributed by atoms with E-state index in [0.29, 0.717) is 26.2 Å². The summed E-state index contributed by atoms with van der Waals surface area (Å²) >= 11 is 0. The third kappa shape index (κ3) is 8.63. The van der Waals surface area contributed by atoms with E-state index in [1.54, 1.807) is 12.1 Å². The predicted octanol–water partition coefficient (Wildman–Crippen LogP) is 1.27. The van der Waals surface area contributed by atoms with Crippen molar-refractivity contribution in [1.29, 1.82) is 0 Å². The van der Waals surface area contributed by atoms with Gasteiger partial charge in [0.2, 0.25) is 0 Å². The number of hydrogen-bond donors (Lipinski definition) is 2. The van der Waals surface area contributed by atoms with Crippen LogP contribution in [0, 0.1) is 5.82 Å². The molecule has 0 bridgehead atoms. The van der Waals surface area contributed by atoms with Gasteiger partial charge in [0.15, 0.2) is 15.8 Å². The molecule has 148 valence electrons. The molecule has 0 amide bonds. The standard InChI is InChI=1S/C17H27FN4O2S.HI/c1-2-19-17(20-8-7-15-3-5-16(18)6-4-15)21-9-10-22-11-13-25(23,24)14-12-22;/h3-6H,2,7-14H2,1H3,(H2,19,20,21);1H. The van der Waals surface area contributed by atoms with Gasteiger partial charge in [-0.25, -0.2) is 12.8 Å². The highest BCUT2D eigenvalue weighted by atomic mass is 127. The molecule has 1 aromatic rings. The molecular formula is C17H28FIN4O2S. The Kier molecular flexibility index (Phi) is 10.4. The Morgan fingerprint density at radius 1 is 1.19 bits per heavy atom. The minimum atomic E-state index is -2.83. The molecule has 0 spiro atoms. The van der Waals surface area contributed by atoms with Crippen molar-refractivity contribution in [3.05, 3.63) is 35.6 Å². The van der Waals surface area contributed by atoms with Gasteiger partial charge >= 0.3 is 0 Å². The summed E-state index contributed by atoms with van der Waals surface area (Å²) in [5.41, 5.74) is 1.07. The normalized spacial score (nSPS) is 17.4. The van der Waals surface area contributed by atoms with Gasteiger partial charge in [0.1, 0.15) is 5.82 Å². The van der Waals surface area contributed by atoms with Gasteiger partial charge in [-0.3, -0.25) is 9.89 Å². The largest absolute Gasteiger partial charge is 0.357 e. The van der Waals surface area contributed by atoms with Crippen LogP contribution >= 0.6 is 24.0 Å². The number of nitrogens with one attached hydrogen (secondary N) is 2. The molecule has 1 heterocycles. The summed E-state index contributed by atoms with van der Waals surface area (Å²) in [6, 6.07) is 6.50. The molecule has 6 nitrogen and oxygen atoms in total. The van der Waals surface area contributed by atoms with Gasteiger partial charge in [0.05, 0.1) is 18.1 Å². The van der Waals surface area contributed by atoms with Gasteiger partial charge in [-0.2, -0.15) is 0 Å². The van der Waals surface area contributed by atoms with Crippen LogP contribution in [0.2, 0.25) is 0 Å². The second-order valence-electron chi connectivity index (χ2n) is 6.06. The lowest BCUT2D eigenvalue weighted by molar-refractivity contribution is 0.304. The third-order valence-electron chi connectivity index (χ3n) is 4.09. The maximum Gasteiger partial charge on any atom is 0.191 e. The van der Waals surface area contributed by atoms with E-state index < -0.39 is 9.84 Å². The number of hydrogen-bond acceptors (Lipinski definition) is 4. The van der Waals surface area contributed by atoms with Gasteiger partial charge in [0, 0.05) is 32.7 Å². The Bertz CT molecular complexity index is 654. The van der Waals surface area contributed by atoms with Crippen molar-refractivity contribution in [2.24, 2.45) is 4.99 Å². The van der Waals surface area contributed by atoms with Crippen LogP contribution in [0.5, 0.6) is 0 Å². The van der Waals surface area contributed by atoms with Crippen LogP contribution in [0.3, 0.4) is 0 Å². The van der Waals surface area contributed by atoms with Crippen molar-refractivity contribution in [3.63, 3.8) is 0 Å². The van der Waals surface area contributed by atoms with E-state index in [-0.39, 0.29) is 41.3 Å². The Hall–Kier alpha value is -0.940. The Labute approximate surface area is 172 Å². The lowest BCUT2D eigenvalue weighted by Gasteiger charge is -2.25. The summed E-state index contributed by atoms with van der Waals surface area (Å²) in [6.45, 7) is 6.03. The van der Waals surface area contributed by atoms with Crippen LogP contribution < -0.4 is 10.6 Å². The SMILES string of the molecule is CCNC(=NCCN1CCS(=O)(=O)CC1)NCCc1ccc(F)cc1.I. The molecule has 0 aliphatic carbocycles. The van der Waals surface area contributed by atoms with E-state index in [1.165, 1.54) is 12.1 Å². The third-order valence-corrected chi connectivity index (χ3v) is 5.70. The fourth-order valence-corrected chi connectivity index (χ4v) is 3.87. The fraction of sp³-hybridized carbons (Fsp3) is 0.588. The smallest absolute Gasteiger partial charge is 0.191 e. The highest BCUT2D eigenvalue weighted by molar-refractivity contribution is 14.0. The van der Waals surface area contributed by atoms with Crippen LogP contribution in [-0.4, -0.2) is 70.1 Å². The number of benzene rings is 1. The summed E-state index contributed by atoms with van der Waals surface area (Å²) in [4.78, 5) is 6.66. The maximum atomic E-state index is 12.9. The van der Waals surface area contributed by atoms with Gasteiger partial charge in [-0.05, 0) is 31.0 Å². The summed E-state index contributed by atoms with van der Waals surface area (Å²) in [6.07, 6.45) is 0.786. The van der Waals surface area contributed by atoms with E-state index >= 15 is 0 Å². The number of sulfone groups is 1. The number of halogens is 2. The second kappa shape index (κ2) is 11.7. The molecule has 1 saturated heterocycles. The number of aliphatic imine (C=N–C) groups is 1. The van der Waals surface area contributed by atoms with Crippen molar-refractivity contribution in [1.82, 2.24) is 15.5 Å². The van der Waals surface area contributed by atoms with Crippen LogP contribution in [0.4, 0.5) is 4.39 Å². The molecule has 0 atom stereocenters. The van der Waals surface area contributed by atoms with Crippen molar-refractivity contribution < 1.29 is 12.8 Å². The molecule has 26 heavy (non-hydrogen) atoms. The van der Waals surface area contributed by atoms with E-state index in [2.05, 4.69) is 20.5 Å². The maximum absolute atomic E-state index is 12.9. The van der Waals surface area contributed by atoms with Crippen molar-refractivity contribution in [3.8, 4) is 0 Å². The first kappa shape index (κ1) is 23.1. The van der Waals surface area contributed by atoms with Crippen molar-refractivity contribution >= 4 is 39.8 Å². The molecule has 2 N–H and O–H groups in total. The fourth-order valence-electron chi connectivity index (χ4n) is 2.60. The lowest BCUT2D eigenvalue weighted by Crippen LogP contribution is -2.42. The molecule has 0 unspecified atom stereocenters. The molecule has 0 aromatic heterocycles. The predicted molar refractivity (Wildman–Crippen MR) is 115 cm³/mol. The minimum Gasteiger partial charge on any atom is -0.357 e. The summed E-state index contributed by atoms with van der Waals surface area (Å²) in [5, 5.41) is 6.46. The summed E-state index contributed by atoms with van der Waals surface area (Å²) in [7, 11) is -2.83. The molecule has 1 fully saturated rings. The molecule has 0 radical (unpaired) electrons. The number of guanidine groups is 1. The van der Waals surface area contributed by atoms with E-state index in [4.69, 9.17) is 0 Å². The van der Waals surface area contributed by atoms with Crippen molar-refractivity contribution in [2.75, 3.05) is 50.8 Å². The highest BCUT2D eigenvalue weighted by Gasteiger charge is 2.20. The molecule has 1 aliphatic heterocycles. The van der Waals surface area contributed by atoms with Gasteiger partial charge in [-0.1, -0.05) is 12.1 Å². The Balaban J connectivity index is 0.00000338. The van der Waals surface area contributed by atoms with E-state index in [0.717, 1.165) is 31.0 Å². The van der Waals surface area contributed by atoms with Gasteiger partial charge in [-0.15, -0.1) is 24.0 Å². The molecule has 9 heteroatoms. The zero-order valence-electron chi connectivity index (χ0n) is 15.1. The topological polar surface area (TPSA) is 73.8 Å². The van der Waals surface area contributed by atoms with E-state index in [9.17, 15) is 12.8 Å². The second-order valence-corrected chi connectivity index (χ2v) is 8.36. The van der Waals surface area contributed by atoms with Gasteiger partial charge in [0.25, 0.3) is 0 Å². The quantitative estimate of drug-likeness (QED) is 0.337. The van der Waals surface area contributed by atoms with Crippen LogP contribution in [-0.2, 0) is 16.3 Å². The van der Waals surface area contributed by atoms with Crippen LogP contribution in [0.15, 0.2) is 29.3 Å². The van der Waals surface area contributed by atoms with E-state index in [1.807, 2.05) is 6.92 Å². The zero-order valence-corrected chi connectivity index (χ0v) is 18.2. The Morgan fingerprint density at radius 2 is 1.85 bits per heavy atom. The molecule has 1 aromatic carbocycles. The zero-order chi connectivity index (χ0) is 18.1. The number of rotatable bonds is 7. The average Bonchev–Trinajstić information content (AvgIpc) is 2.58. The Morgan fingerprint density at radius 3 is 2.46 bits per heavy atom. The first-order chi connectivity index (χ1) is 12.0.